The van der Waals surface area contributed by atoms with Gasteiger partial charge in [0.15, 0.2) is 11.6 Å². The van der Waals surface area contributed by atoms with Gasteiger partial charge in [0.1, 0.15) is 11.5 Å². The highest BCUT2D eigenvalue weighted by atomic mass is 16.7. The van der Waals surface area contributed by atoms with Crippen LogP contribution >= 0.6 is 0 Å². The van der Waals surface area contributed by atoms with Gasteiger partial charge in [-0.25, -0.2) is 9.59 Å². The summed E-state index contributed by atoms with van der Waals surface area (Å²) in [4.78, 5) is 50.2. The highest BCUT2D eigenvalue weighted by molar-refractivity contribution is 6.30. The van der Waals surface area contributed by atoms with Crippen LogP contribution in [0.4, 0.5) is 9.59 Å². The number of benzene rings is 2. The first-order chi connectivity index (χ1) is 14.2. The number of ether oxygens (including phenoxy) is 4. The van der Waals surface area contributed by atoms with Crippen LogP contribution in [0.25, 0.3) is 0 Å². The number of rotatable bonds is 4. The smallest absolute Gasteiger partial charge is 0.431 e. The van der Waals surface area contributed by atoms with Crippen molar-refractivity contribution in [2.24, 2.45) is 0 Å². The molecule has 1 aliphatic rings. The first kappa shape index (κ1) is 21.0. The van der Waals surface area contributed by atoms with Crippen molar-refractivity contribution in [2.75, 3.05) is 0 Å². The topological polar surface area (TPSA) is 105 Å². The minimum absolute atomic E-state index is 0.152. The summed E-state index contributed by atoms with van der Waals surface area (Å²) in [6, 6.07) is 8.74. The fourth-order valence-corrected chi connectivity index (χ4v) is 2.95. The Morgan fingerprint density at radius 3 is 1.37 bits per heavy atom. The van der Waals surface area contributed by atoms with Crippen LogP contribution in [0.5, 0.6) is 11.5 Å². The van der Waals surface area contributed by atoms with Gasteiger partial charge >= 0.3 is 12.3 Å². The molecule has 3 rings (SSSR count). The van der Waals surface area contributed by atoms with Crippen LogP contribution in [0, 0.1) is 0 Å². The second-order valence-electron chi connectivity index (χ2n) is 7.05. The average Bonchev–Trinajstić information content (AvgIpc) is 2.65. The first-order valence-electron chi connectivity index (χ1n) is 9.31. The molecular formula is C22H20O8. The molecule has 0 unspecified atom stereocenters. The van der Waals surface area contributed by atoms with Crippen molar-refractivity contribution in [3.63, 3.8) is 0 Å². The molecule has 0 N–H and O–H groups in total. The Morgan fingerprint density at radius 2 is 1.03 bits per heavy atom. The molecule has 8 nitrogen and oxygen atoms in total. The van der Waals surface area contributed by atoms with E-state index >= 15 is 0 Å². The molecule has 0 aliphatic heterocycles. The molecule has 0 spiro atoms. The van der Waals surface area contributed by atoms with Gasteiger partial charge in [-0.15, -0.1) is 0 Å². The van der Waals surface area contributed by atoms with Gasteiger partial charge in [0.05, 0.1) is 23.3 Å². The predicted octanol–water partition coefficient (Wildman–Crippen LogP) is 4.31. The van der Waals surface area contributed by atoms with E-state index in [2.05, 4.69) is 0 Å². The molecule has 2 aromatic carbocycles. The minimum Gasteiger partial charge on any atom is -0.431 e. The molecule has 0 atom stereocenters. The number of hydrogen-bond donors (Lipinski definition) is 0. The number of carbonyl (C=O) groups excluding carboxylic acids is 4. The van der Waals surface area contributed by atoms with Gasteiger partial charge in [0.25, 0.3) is 0 Å². The van der Waals surface area contributed by atoms with Gasteiger partial charge in [-0.3, -0.25) is 9.59 Å². The highest BCUT2D eigenvalue weighted by Gasteiger charge is 2.36. The summed E-state index contributed by atoms with van der Waals surface area (Å²) in [6.07, 6.45) is -2.95. The maximum absolute atomic E-state index is 13.1. The Morgan fingerprint density at radius 1 is 0.667 bits per heavy atom. The summed E-state index contributed by atoms with van der Waals surface area (Å²) in [5, 5.41) is 0. The lowest BCUT2D eigenvalue weighted by Gasteiger charge is -2.22. The zero-order chi connectivity index (χ0) is 22.0. The van der Waals surface area contributed by atoms with Gasteiger partial charge in [0, 0.05) is 11.1 Å². The van der Waals surface area contributed by atoms with Crippen molar-refractivity contribution in [3.8, 4) is 11.5 Å². The molecule has 2 aromatic rings. The summed E-state index contributed by atoms with van der Waals surface area (Å²) >= 11 is 0. The molecule has 0 fully saturated rings. The lowest BCUT2D eigenvalue weighted by atomic mass is 9.83. The minimum atomic E-state index is -1.03. The third-order valence-electron chi connectivity index (χ3n) is 4.05. The maximum Gasteiger partial charge on any atom is 0.514 e. The lowest BCUT2D eigenvalue weighted by Crippen LogP contribution is -2.25. The van der Waals surface area contributed by atoms with Crippen molar-refractivity contribution in [1.29, 1.82) is 0 Å². The van der Waals surface area contributed by atoms with Crippen molar-refractivity contribution in [3.05, 3.63) is 58.7 Å². The summed E-state index contributed by atoms with van der Waals surface area (Å²) in [5.41, 5.74) is -0.0681. The molecule has 0 heterocycles. The molecule has 0 saturated heterocycles. The summed E-state index contributed by atoms with van der Waals surface area (Å²) in [6.45, 7) is 6.55. The van der Waals surface area contributed by atoms with E-state index in [9.17, 15) is 19.2 Å². The van der Waals surface area contributed by atoms with Crippen LogP contribution in [-0.2, 0) is 9.47 Å². The van der Waals surface area contributed by atoms with E-state index in [1.807, 2.05) is 0 Å². The molecule has 0 saturated carbocycles. The number of ketones is 2. The van der Waals surface area contributed by atoms with Crippen molar-refractivity contribution >= 4 is 23.9 Å². The molecule has 0 bridgehead atoms. The lowest BCUT2D eigenvalue weighted by molar-refractivity contribution is 0.0695. The van der Waals surface area contributed by atoms with Crippen LogP contribution in [0.1, 0.15) is 59.5 Å². The molecule has 1 aliphatic carbocycles. The second-order valence-corrected chi connectivity index (χ2v) is 7.05. The van der Waals surface area contributed by atoms with Crippen LogP contribution in [0.15, 0.2) is 36.4 Å². The first-order valence-corrected chi connectivity index (χ1v) is 9.31. The predicted molar refractivity (Wildman–Crippen MR) is 104 cm³/mol. The SMILES string of the molecule is CC(C)OC(=O)Oc1ccc(OC(=O)OC(C)C)c2c1C(=O)c1ccccc1C2=O. The summed E-state index contributed by atoms with van der Waals surface area (Å²) in [7, 11) is 0. The number of hydrogen-bond acceptors (Lipinski definition) is 8. The van der Waals surface area contributed by atoms with E-state index in [-0.39, 0.29) is 33.8 Å². The largest absolute Gasteiger partial charge is 0.514 e. The molecule has 0 aromatic heterocycles. The van der Waals surface area contributed by atoms with Gasteiger partial charge in [0.2, 0.25) is 0 Å². The highest BCUT2D eigenvalue weighted by Crippen LogP contribution is 2.39. The van der Waals surface area contributed by atoms with Crippen LogP contribution in [0.3, 0.4) is 0 Å². The molecule has 0 amide bonds. The van der Waals surface area contributed by atoms with E-state index in [0.717, 1.165) is 0 Å². The molecule has 0 radical (unpaired) electrons. The average molecular weight is 412 g/mol. The standard InChI is InChI=1S/C22H20O8/c1-11(2)27-21(25)29-15-9-10-16(30-22(26)28-12(3)4)18-17(15)19(23)13-7-5-6-8-14(13)20(18)24/h5-12H,1-4H3. The zero-order valence-corrected chi connectivity index (χ0v) is 16.9. The third-order valence-corrected chi connectivity index (χ3v) is 4.05. The molecule has 8 heteroatoms. The maximum atomic E-state index is 13.1. The van der Waals surface area contributed by atoms with Gasteiger partial charge < -0.3 is 18.9 Å². The molecule has 156 valence electrons. The van der Waals surface area contributed by atoms with Crippen LogP contribution in [-0.4, -0.2) is 36.1 Å². The molecular weight excluding hydrogens is 392 g/mol. The third kappa shape index (κ3) is 4.17. The Hall–Kier alpha value is -3.68. The normalized spacial score (nSPS) is 12.3. The van der Waals surface area contributed by atoms with Gasteiger partial charge in [-0.2, -0.15) is 0 Å². The van der Waals surface area contributed by atoms with Crippen molar-refractivity contribution in [1.82, 2.24) is 0 Å². The fraction of sp³-hybridized carbons (Fsp3) is 0.273. The van der Waals surface area contributed by atoms with Crippen LogP contribution < -0.4 is 9.47 Å². The van der Waals surface area contributed by atoms with E-state index < -0.39 is 36.1 Å². The zero-order valence-electron chi connectivity index (χ0n) is 16.9. The van der Waals surface area contributed by atoms with Crippen molar-refractivity contribution in [2.45, 2.75) is 39.9 Å². The van der Waals surface area contributed by atoms with E-state index in [1.165, 1.54) is 24.3 Å². The van der Waals surface area contributed by atoms with Crippen LogP contribution in [0.2, 0.25) is 0 Å². The van der Waals surface area contributed by atoms with E-state index in [1.54, 1.807) is 39.8 Å². The Bertz CT molecular complexity index is 953. The van der Waals surface area contributed by atoms with Gasteiger partial charge in [-0.05, 0) is 39.8 Å². The second kappa shape index (κ2) is 8.36. The van der Waals surface area contributed by atoms with E-state index in [4.69, 9.17) is 18.9 Å². The quantitative estimate of drug-likeness (QED) is 0.461. The number of fused-ring (bicyclic) bond motifs is 2. The Balaban J connectivity index is 2.11. The van der Waals surface area contributed by atoms with E-state index in [0.29, 0.717) is 0 Å². The monoisotopic (exact) mass is 412 g/mol. The fourth-order valence-electron chi connectivity index (χ4n) is 2.95. The molecule has 30 heavy (non-hydrogen) atoms. The summed E-state index contributed by atoms with van der Waals surface area (Å²) < 4.78 is 20.3. The Kier molecular flexibility index (Phi) is 5.86. The summed E-state index contributed by atoms with van der Waals surface area (Å²) in [5.74, 6) is -1.44. The van der Waals surface area contributed by atoms with Gasteiger partial charge in [-0.1, -0.05) is 24.3 Å². The van der Waals surface area contributed by atoms with Crippen molar-refractivity contribution < 1.29 is 38.1 Å². The Labute approximate surface area is 172 Å². The number of carbonyl (C=O) groups is 4.